The van der Waals surface area contributed by atoms with Gasteiger partial charge in [0.05, 0.1) is 7.11 Å². The summed E-state index contributed by atoms with van der Waals surface area (Å²) in [5.74, 6) is 0.731. The Balaban J connectivity index is 2.10. The molecule has 1 aliphatic heterocycles. The van der Waals surface area contributed by atoms with Crippen molar-refractivity contribution in [3.05, 3.63) is 29.6 Å². The summed E-state index contributed by atoms with van der Waals surface area (Å²) >= 11 is 0. The minimum atomic E-state index is -0.231. The molecule has 118 valence electrons. The maximum Gasteiger partial charge on any atom is 0.169 e. The number of hydrogen-bond donors (Lipinski definition) is 1. The molecule has 0 spiro atoms. The Morgan fingerprint density at radius 2 is 2.24 bits per heavy atom. The Hall–Kier alpha value is -1.13. The molecule has 0 aromatic heterocycles. The molecule has 21 heavy (non-hydrogen) atoms. The highest BCUT2D eigenvalue weighted by atomic mass is 19.1. The van der Waals surface area contributed by atoms with Gasteiger partial charge in [0.2, 0.25) is 0 Å². The number of halogens is 1. The van der Waals surface area contributed by atoms with Crippen molar-refractivity contribution in [2.24, 2.45) is 5.92 Å². The van der Waals surface area contributed by atoms with Crippen LogP contribution >= 0.6 is 0 Å². The van der Waals surface area contributed by atoms with Crippen molar-refractivity contribution in [3.63, 3.8) is 0 Å². The Morgan fingerprint density at radius 3 is 2.90 bits per heavy atom. The number of nitrogens with zero attached hydrogens (tertiary/aromatic N) is 1. The van der Waals surface area contributed by atoms with Crippen LogP contribution < -0.4 is 10.1 Å². The number of benzene rings is 1. The second-order valence-corrected chi connectivity index (χ2v) is 6.11. The van der Waals surface area contributed by atoms with Crippen LogP contribution in [-0.2, 0) is 6.54 Å². The molecule has 1 aromatic carbocycles. The smallest absolute Gasteiger partial charge is 0.169 e. The molecule has 0 radical (unpaired) electrons. The molecule has 0 aliphatic carbocycles. The van der Waals surface area contributed by atoms with Gasteiger partial charge < -0.3 is 10.1 Å². The van der Waals surface area contributed by atoms with Crippen LogP contribution in [0.4, 0.5) is 4.39 Å². The van der Waals surface area contributed by atoms with Gasteiger partial charge in [0.25, 0.3) is 0 Å². The summed E-state index contributed by atoms with van der Waals surface area (Å²) in [5, 5.41) is 3.61. The van der Waals surface area contributed by atoms with E-state index in [1.54, 1.807) is 6.07 Å². The van der Waals surface area contributed by atoms with Gasteiger partial charge in [-0.2, -0.15) is 0 Å². The zero-order valence-corrected chi connectivity index (χ0v) is 13.5. The lowest BCUT2D eigenvalue weighted by molar-refractivity contribution is 0.110. The van der Waals surface area contributed by atoms with Crippen LogP contribution in [0.3, 0.4) is 0 Å². The lowest BCUT2D eigenvalue weighted by atomic mass is 9.95. The molecule has 2 rings (SSSR count). The van der Waals surface area contributed by atoms with E-state index in [4.69, 9.17) is 4.74 Å². The maximum absolute atomic E-state index is 14.3. The number of methoxy groups -OCH3 is 1. The van der Waals surface area contributed by atoms with Crippen LogP contribution in [0.15, 0.2) is 18.2 Å². The minimum absolute atomic E-state index is 0.231. The number of ether oxygens (including phenoxy) is 1. The van der Waals surface area contributed by atoms with Gasteiger partial charge in [-0.3, -0.25) is 4.90 Å². The third kappa shape index (κ3) is 3.74. The van der Waals surface area contributed by atoms with E-state index in [2.05, 4.69) is 31.0 Å². The van der Waals surface area contributed by atoms with Gasteiger partial charge >= 0.3 is 0 Å². The maximum atomic E-state index is 14.3. The minimum Gasteiger partial charge on any atom is -0.494 e. The molecule has 1 saturated heterocycles. The molecule has 1 fully saturated rings. The molecular formula is C17H27FN2O. The molecule has 1 aromatic rings. The van der Waals surface area contributed by atoms with Gasteiger partial charge in [0.1, 0.15) is 0 Å². The fourth-order valence-corrected chi connectivity index (χ4v) is 2.89. The van der Waals surface area contributed by atoms with Gasteiger partial charge in [-0.15, -0.1) is 0 Å². The quantitative estimate of drug-likeness (QED) is 0.903. The SMILES string of the molecule is CCC(C)C1CN(Cc2cccc(OC)c2F)C(C)CN1. The average Bonchev–Trinajstić information content (AvgIpc) is 2.50. The van der Waals surface area contributed by atoms with E-state index in [-0.39, 0.29) is 5.82 Å². The average molecular weight is 294 g/mol. The van der Waals surface area contributed by atoms with Crippen molar-refractivity contribution in [1.82, 2.24) is 10.2 Å². The molecule has 1 heterocycles. The van der Waals surface area contributed by atoms with Crippen molar-refractivity contribution < 1.29 is 9.13 Å². The van der Waals surface area contributed by atoms with Crippen molar-refractivity contribution in [2.45, 2.75) is 45.8 Å². The Morgan fingerprint density at radius 1 is 1.48 bits per heavy atom. The third-order valence-corrected chi connectivity index (χ3v) is 4.70. The van der Waals surface area contributed by atoms with Crippen LogP contribution in [0.5, 0.6) is 5.75 Å². The molecule has 1 N–H and O–H groups in total. The Labute approximate surface area is 127 Å². The van der Waals surface area contributed by atoms with Crippen molar-refractivity contribution in [2.75, 3.05) is 20.2 Å². The second-order valence-electron chi connectivity index (χ2n) is 6.11. The highest BCUT2D eigenvalue weighted by Gasteiger charge is 2.28. The largest absolute Gasteiger partial charge is 0.494 e. The predicted molar refractivity (Wildman–Crippen MR) is 84.1 cm³/mol. The monoisotopic (exact) mass is 294 g/mol. The standard InChI is InChI=1S/C17H27FN2O/c1-5-12(2)15-11-20(13(3)9-19-15)10-14-7-6-8-16(21-4)17(14)18/h6-8,12-13,15,19H,5,9-11H2,1-4H3. The molecule has 4 heteroatoms. The van der Waals surface area contributed by atoms with Gasteiger partial charge in [-0.1, -0.05) is 32.4 Å². The fraction of sp³-hybridized carbons (Fsp3) is 0.647. The summed E-state index contributed by atoms with van der Waals surface area (Å²) in [7, 11) is 1.51. The number of piperazine rings is 1. The lowest BCUT2D eigenvalue weighted by Crippen LogP contribution is -2.57. The van der Waals surface area contributed by atoms with E-state index < -0.39 is 0 Å². The Kier molecular flexibility index (Phi) is 5.59. The van der Waals surface area contributed by atoms with Gasteiger partial charge in [0, 0.05) is 37.3 Å². The summed E-state index contributed by atoms with van der Waals surface area (Å²) in [5.41, 5.74) is 0.714. The second kappa shape index (κ2) is 7.23. The van der Waals surface area contributed by atoms with Crippen molar-refractivity contribution >= 4 is 0 Å². The van der Waals surface area contributed by atoms with Crippen LogP contribution in [0.25, 0.3) is 0 Å². The topological polar surface area (TPSA) is 24.5 Å². The number of hydrogen-bond acceptors (Lipinski definition) is 3. The summed E-state index contributed by atoms with van der Waals surface area (Å²) in [6, 6.07) is 6.28. The van der Waals surface area contributed by atoms with E-state index in [1.807, 2.05) is 12.1 Å². The number of nitrogens with one attached hydrogen (secondary N) is 1. The molecule has 0 saturated carbocycles. The number of rotatable bonds is 5. The van der Waals surface area contributed by atoms with Gasteiger partial charge in [-0.25, -0.2) is 4.39 Å². The first kappa shape index (κ1) is 16.2. The first-order chi connectivity index (χ1) is 10.1. The molecule has 1 aliphatic rings. The summed E-state index contributed by atoms with van der Waals surface area (Å²) in [4.78, 5) is 2.37. The molecule has 0 bridgehead atoms. The molecule has 3 unspecified atom stereocenters. The lowest BCUT2D eigenvalue weighted by Gasteiger charge is -2.41. The first-order valence-corrected chi connectivity index (χ1v) is 7.85. The zero-order chi connectivity index (χ0) is 15.4. The van der Waals surface area contributed by atoms with Crippen LogP contribution in [0, 0.1) is 11.7 Å². The molecule has 3 nitrogen and oxygen atoms in total. The van der Waals surface area contributed by atoms with E-state index >= 15 is 0 Å². The summed E-state index contributed by atoms with van der Waals surface area (Å²) < 4.78 is 19.4. The molecular weight excluding hydrogens is 267 g/mol. The van der Waals surface area contributed by atoms with Crippen LogP contribution in [-0.4, -0.2) is 37.2 Å². The van der Waals surface area contributed by atoms with E-state index in [9.17, 15) is 4.39 Å². The van der Waals surface area contributed by atoms with Gasteiger partial charge in [-0.05, 0) is 18.9 Å². The van der Waals surface area contributed by atoms with E-state index in [0.29, 0.717) is 35.9 Å². The van der Waals surface area contributed by atoms with Crippen LogP contribution in [0.1, 0.15) is 32.8 Å². The van der Waals surface area contributed by atoms with Crippen LogP contribution in [0.2, 0.25) is 0 Å². The van der Waals surface area contributed by atoms with Gasteiger partial charge in [0.15, 0.2) is 11.6 Å². The van der Waals surface area contributed by atoms with E-state index in [0.717, 1.165) is 19.5 Å². The normalized spacial score (nSPS) is 24.8. The zero-order valence-electron chi connectivity index (χ0n) is 13.5. The molecule has 3 atom stereocenters. The van der Waals surface area contributed by atoms with Crippen molar-refractivity contribution in [3.8, 4) is 5.75 Å². The third-order valence-electron chi connectivity index (χ3n) is 4.70. The Bertz CT molecular complexity index is 466. The van der Waals surface area contributed by atoms with Crippen molar-refractivity contribution in [1.29, 1.82) is 0 Å². The summed E-state index contributed by atoms with van der Waals surface area (Å²) in [6.07, 6.45) is 1.16. The highest BCUT2D eigenvalue weighted by molar-refractivity contribution is 5.31. The highest BCUT2D eigenvalue weighted by Crippen LogP contribution is 2.23. The molecule has 0 amide bonds. The first-order valence-electron chi connectivity index (χ1n) is 7.85. The summed E-state index contributed by atoms with van der Waals surface area (Å²) in [6.45, 7) is 9.25. The predicted octanol–water partition coefficient (Wildman–Crippen LogP) is 3.04. The van der Waals surface area contributed by atoms with E-state index in [1.165, 1.54) is 7.11 Å². The fourth-order valence-electron chi connectivity index (χ4n) is 2.89.